The molecule has 0 saturated heterocycles. The Balaban J connectivity index is 2.38. The van der Waals surface area contributed by atoms with Gasteiger partial charge in [0.25, 0.3) is 0 Å². The number of aliphatic hydroxyl groups is 1. The summed E-state index contributed by atoms with van der Waals surface area (Å²) in [6, 6.07) is 5.21. The lowest BCUT2D eigenvalue weighted by Crippen LogP contribution is -2.31. The molecule has 0 spiro atoms. The van der Waals surface area contributed by atoms with Gasteiger partial charge in [0.05, 0.1) is 6.61 Å². The molecular weight excluding hydrogens is 278 g/mol. The second-order valence-electron chi connectivity index (χ2n) is 4.43. The number of fused-ring (bicyclic) bond motifs is 1. The van der Waals surface area contributed by atoms with Crippen molar-refractivity contribution >= 4 is 29.2 Å². The molecule has 0 bridgehead atoms. The van der Waals surface area contributed by atoms with Gasteiger partial charge in [-0.05, 0) is 25.3 Å². The Morgan fingerprint density at radius 3 is 2.90 bits per heavy atom. The fraction of sp³-hybridized carbons (Fsp3) is 0.385. The zero-order valence-electron chi connectivity index (χ0n) is 11.3. The molecule has 2 aromatic heterocycles. The second-order valence-corrected chi connectivity index (χ2v) is 5.51. The highest BCUT2D eigenvalue weighted by Gasteiger charge is 2.22. The second kappa shape index (κ2) is 6.15. The lowest BCUT2D eigenvalue weighted by molar-refractivity contribution is 0.0690. The number of hydrogen-bond acceptors (Lipinski definition) is 5. The molecule has 0 aliphatic carbocycles. The minimum absolute atomic E-state index is 0.0190. The number of carbonyl (C=O) groups is 1. The number of anilines is 1. The van der Waals surface area contributed by atoms with Gasteiger partial charge in [0.1, 0.15) is 5.65 Å². The fourth-order valence-corrected chi connectivity index (χ4v) is 2.67. The third-order valence-corrected chi connectivity index (χ3v) is 4.30. The standard InChI is InChI=1S/C13H17N3O3S/c1-8(9(7-17)20-2)14-12-11(13(18)19)16-6-4-3-5-10(16)15-12/h3-6,8-9,14,17H,7H2,1-2H3,(H,18,19). The van der Waals surface area contributed by atoms with Crippen molar-refractivity contribution in [2.45, 2.75) is 18.2 Å². The van der Waals surface area contributed by atoms with Gasteiger partial charge < -0.3 is 15.5 Å². The zero-order valence-corrected chi connectivity index (χ0v) is 12.1. The van der Waals surface area contributed by atoms with E-state index in [-0.39, 0.29) is 23.6 Å². The van der Waals surface area contributed by atoms with Gasteiger partial charge in [-0.25, -0.2) is 9.78 Å². The summed E-state index contributed by atoms with van der Waals surface area (Å²) in [4.78, 5) is 15.7. The molecule has 108 valence electrons. The van der Waals surface area contributed by atoms with Crippen molar-refractivity contribution in [1.82, 2.24) is 9.38 Å². The van der Waals surface area contributed by atoms with E-state index in [1.807, 2.05) is 13.2 Å². The molecule has 0 aliphatic heterocycles. The minimum atomic E-state index is -1.04. The van der Waals surface area contributed by atoms with Gasteiger partial charge in [-0.3, -0.25) is 4.40 Å². The average molecular weight is 295 g/mol. The summed E-state index contributed by atoms with van der Waals surface area (Å²) in [5, 5.41) is 21.7. The van der Waals surface area contributed by atoms with Crippen LogP contribution in [0.25, 0.3) is 5.65 Å². The number of pyridine rings is 1. The monoisotopic (exact) mass is 295 g/mol. The first kappa shape index (κ1) is 14.7. The molecule has 3 N–H and O–H groups in total. The summed E-state index contributed by atoms with van der Waals surface area (Å²) < 4.78 is 1.53. The van der Waals surface area contributed by atoms with Crippen molar-refractivity contribution < 1.29 is 15.0 Å². The van der Waals surface area contributed by atoms with E-state index < -0.39 is 5.97 Å². The lowest BCUT2D eigenvalue weighted by Gasteiger charge is -2.21. The summed E-state index contributed by atoms with van der Waals surface area (Å²) in [6.45, 7) is 1.91. The van der Waals surface area contributed by atoms with E-state index in [4.69, 9.17) is 0 Å². The number of aromatic carboxylic acids is 1. The first-order valence-corrected chi connectivity index (χ1v) is 7.47. The summed E-state index contributed by atoms with van der Waals surface area (Å²) >= 11 is 1.52. The zero-order chi connectivity index (χ0) is 14.7. The molecule has 0 fully saturated rings. The van der Waals surface area contributed by atoms with Crippen LogP contribution in [0.3, 0.4) is 0 Å². The predicted molar refractivity (Wildman–Crippen MR) is 79.6 cm³/mol. The summed E-state index contributed by atoms with van der Waals surface area (Å²) in [5.41, 5.74) is 0.676. The van der Waals surface area contributed by atoms with E-state index >= 15 is 0 Å². The average Bonchev–Trinajstić information content (AvgIpc) is 2.77. The minimum Gasteiger partial charge on any atom is -0.476 e. The third kappa shape index (κ3) is 2.73. The number of nitrogens with zero attached hydrogens (tertiary/aromatic N) is 2. The number of nitrogens with one attached hydrogen (secondary N) is 1. The smallest absolute Gasteiger partial charge is 0.356 e. The van der Waals surface area contributed by atoms with E-state index in [2.05, 4.69) is 10.3 Å². The molecule has 20 heavy (non-hydrogen) atoms. The number of aromatic nitrogens is 2. The molecule has 2 rings (SSSR count). The van der Waals surface area contributed by atoms with Gasteiger partial charge in [-0.1, -0.05) is 6.07 Å². The van der Waals surface area contributed by atoms with Crippen LogP contribution in [0.5, 0.6) is 0 Å². The molecule has 0 amide bonds. The van der Waals surface area contributed by atoms with Crippen LogP contribution in [0, 0.1) is 0 Å². The van der Waals surface area contributed by atoms with Gasteiger partial charge in [0.2, 0.25) is 0 Å². The van der Waals surface area contributed by atoms with Crippen LogP contribution in [-0.2, 0) is 0 Å². The van der Waals surface area contributed by atoms with Crippen LogP contribution in [0.4, 0.5) is 5.82 Å². The highest BCUT2D eigenvalue weighted by molar-refractivity contribution is 7.99. The number of carboxylic acid groups (broad SMARTS) is 1. The molecule has 0 aromatic carbocycles. The van der Waals surface area contributed by atoms with Gasteiger partial charge in [0, 0.05) is 17.5 Å². The molecule has 2 unspecified atom stereocenters. The lowest BCUT2D eigenvalue weighted by atomic mass is 10.2. The highest BCUT2D eigenvalue weighted by atomic mass is 32.2. The Bertz CT molecular complexity index is 610. The van der Waals surface area contributed by atoms with Crippen LogP contribution in [0.1, 0.15) is 17.4 Å². The molecular formula is C13H17N3O3S. The molecule has 0 aliphatic rings. The Morgan fingerprint density at radius 1 is 1.55 bits per heavy atom. The maximum Gasteiger partial charge on any atom is 0.356 e. The summed E-state index contributed by atoms with van der Waals surface area (Å²) in [5.74, 6) is -0.716. The number of rotatable bonds is 6. The van der Waals surface area contributed by atoms with Gasteiger partial charge in [0.15, 0.2) is 11.5 Å². The van der Waals surface area contributed by atoms with Gasteiger partial charge in [-0.15, -0.1) is 0 Å². The first-order valence-electron chi connectivity index (χ1n) is 6.19. The topological polar surface area (TPSA) is 86.9 Å². The molecule has 0 saturated carbocycles. The van der Waals surface area contributed by atoms with E-state index in [1.54, 1.807) is 24.4 Å². The normalized spacial score (nSPS) is 14.2. The van der Waals surface area contributed by atoms with E-state index in [0.717, 1.165) is 0 Å². The number of imidazole rings is 1. The van der Waals surface area contributed by atoms with Crippen molar-refractivity contribution in [3.05, 3.63) is 30.1 Å². The van der Waals surface area contributed by atoms with Crippen LogP contribution >= 0.6 is 11.8 Å². The Kier molecular flexibility index (Phi) is 4.51. The van der Waals surface area contributed by atoms with E-state index in [0.29, 0.717) is 11.5 Å². The van der Waals surface area contributed by atoms with Crippen LogP contribution in [-0.4, -0.2) is 49.7 Å². The van der Waals surface area contributed by atoms with E-state index in [9.17, 15) is 15.0 Å². The van der Waals surface area contributed by atoms with Crippen LogP contribution < -0.4 is 5.32 Å². The number of aliphatic hydroxyl groups excluding tert-OH is 1. The first-order chi connectivity index (χ1) is 9.58. The van der Waals surface area contributed by atoms with Crippen molar-refractivity contribution in [3.63, 3.8) is 0 Å². The number of hydrogen-bond donors (Lipinski definition) is 3. The fourth-order valence-electron chi connectivity index (χ4n) is 2.05. The maximum absolute atomic E-state index is 11.4. The number of thioether (sulfide) groups is 1. The predicted octanol–water partition coefficient (Wildman–Crippen LogP) is 1.56. The summed E-state index contributed by atoms with van der Waals surface area (Å²) in [7, 11) is 0. The molecule has 7 heteroatoms. The van der Waals surface area contributed by atoms with Crippen molar-refractivity contribution in [2.75, 3.05) is 18.2 Å². The molecule has 0 radical (unpaired) electrons. The Morgan fingerprint density at radius 2 is 2.30 bits per heavy atom. The Labute approximate surface area is 120 Å². The van der Waals surface area contributed by atoms with Gasteiger partial charge in [-0.2, -0.15) is 11.8 Å². The molecule has 2 atom stereocenters. The molecule has 2 aromatic rings. The van der Waals surface area contributed by atoms with Crippen molar-refractivity contribution in [1.29, 1.82) is 0 Å². The number of carboxylic acids is 1. The quantitative estimate of drug-likeness (QED) is 0.749. The molecule has 6 nitrogen and oxygen atoms in total. The highest BCUT2D eigenvalue weighted by Crippen LogP contribution is 2.21. The van der Waals surface area contributed by atoms with Crippen molar-refractivity contribution in [3.8, 4) is 0 Å². The van der Waals surface area contributed by atoms with E-state index in [1.165, 1.54) is 16.2 Å². The Hall–Kier alpha value is -1.73. The van der Waals surface area contributed by atoms with Crippen LogP contribution in [0.2, 0.25) is 0 Å². The maximum atomic E-state index is 11.4. The van der Waals surface area contributed by atoms with Gasteiger partial charge >= 0.3 is 5.97 Å². The van der Waals surface area contributed by atoms with Crippen LogP contribution in [0.15, 0.2) is 24.4 Å². The third-order valence-electron chi connectivity index (χ3n) is 3.14. The SMILES string of the molecule is CSC(CO)C(C)Nc1nc2ccccn2c1C(=O)O. The van der Waals surface area contributed by atoms with Crippen molar-refractivity contribution in [2.24, 2.45) is 0 Å². The largest absolute Gasteiger partial charge is 0.476 e. The molecule has 2 heterocycles. The summed E-state index contributed by atoms with van der Waals surface area (Å²) in [6.07, 6.45) is 3.57.